The number of rotatable bonds is 5. The van der Waals surface area contributed by atoms with Crippen molar-refractivity contribution in [2.45, 2.75) is 111 Å². The third kappa shape index (κ3) is 3.42. The number of allylic oxidation sites excluding steroid dienone is 1. The summed E-state index contributed by atoms with van der Waals surface area (Å²) in [6, 6.07) is 0.694. The summed E-state index contributed by atoms with van der Waals surface area (Å²) >= 11 is 0. The predicted octanol–water partition coefficient (Wildman–Crippen LogP) is 7.39. The van der Waals surface area contributed by atoms with Gasteiger partial charge in [-0.05, 0) is 97.7 Å². The average molecular weight is 390 g/mol. The summed E-state index contributed by atoms with van der Waals surface area (Å²) in [6.07, 6.45) is 8.28. The van der Waals surface area contributed by atoms with Crippen LogP contribution in [0.2, 0.25) is 0 Å². The maximum atomic E-state index is 10.5. The maximum absolute atomic E-state index is 10.5. The van der Waals surface area contributed by atoms with Gasteiger partial charge in [-0.3, -0.25) is 0 Å². The van der Waals surface area contributed by atoms with E-state index in [2.05, 4.69) is 34.6 Å². The van der Waals surface area contributed by atoms with Crippen molar-refractivity contribution in [2.24, 2.45) is 46.3 Å². The molecule has 4 aliphatic rings. The Bertz CT molecular complexity index is 715. The van der Waals surface area contributed by atoms with Crippen LogP contribution >= 0.6 is 0 Å². The van der Waals surface area contributed by atoms with E-state index in [0.29, 0.717) is 35.6 Å². The Kier molecular flexibility index (Phi) is 4.81. The van der Waals surface area contributed by atoms with Crippen LogP contribution in [0.15, 0.2) is 11.6 Å². The third-order valence-corrected chi connectivity index (χ3v) is 9.82. The van der Waals surface area contributed by atoms with Crippen LogP contribution in [0.4, 0.5) is 0 Å². The molecule has 0 heterocycles. The minimum atomic E-state index is -1.72. The Morgan fingerprint density at radius 3 is 2.71 bits per heavy atom. The summed E-state index contributed by atoms with van der Waals surface area (Å²) in [5, 5.41) is 10.5. The molecular formula is C27H46O. The van der Waals surface area contributed by atoms with Crippen LogP contribution in [0.25, 0.3) is 0 Å². The highest BCUT2D eigenvalue weighted by atomic mass is 16.3. The van der Waals surface area contributed by atoms with Crippen molar-refractivity contribution in [3.63, 3.8) is 0 Å². The molecule has 0 aromatic rings. The van der Waals surface area contributed by atoms with E-state index in [1.54, 1.807) is 0 Å². The standard InChI is InChI=1S/C27H46O/c1-18(2)7-6-8-19(3)23-11-12-24-22-10-9-20-17-21(28)13-15-26(20,4)25(22)14-16-27(23,24)5/h9,18-19,21-25,28H,6-8,10-17H2,1-5H3/t19-,21+,22+,23-,24+,25+,26+,27-/m1/s1/i9D,13D,21D/t13-,19+,21-,22-,23+,24-,25-,26-,27+/m0. The highest BCUT2D eigenvalue weighted by molar-refractivity contribution is 5.25. The lowest BCUT2D eigenvalue weighted by Crippen LogP contribution is -2.50. The second kappa shape index (κ2) is 7.75. The molecule has 0 bridgehead atoms. The highest BCUT2D eigenvalue weighted by Gasteiger charge is 2.59. The second-order valence-corrected chi connectivity index (χ2v) is 11.8. The van der Waals surface area contributed by atoms with E-state index >= 15 is 0 Å². The fourth-order valence-corrected chi connectivity index (χ4v) is 8.18. The molecule has 1 nitrogen and oxygen atoms in total. The van der Waals surface area contributed by atoms with E-state index in [1.165, 1.54) is 44.9 Å². The van der Waals surface area contributed by atoms with Gasteiger partial charge in [-0.25, -0.2) is 0 Å². The molecule has 0 amide bonds. The van der Waals surface area contributed by atoms with E-state index in [1.807, 2.05) is 0 Å². The van der Waals surface area contributed by atoms with Crippen LogP contribution in [0.5, 0.6) is 0 Å². The first-order chi connectivity index (χ1) is 14.4. The van der Waals surface area contributed by atoms with Gasteiger partial charge < -0.3 is 5.11 Å². The molecule has 0 radical (unpaired) electrons. The van der Waals surface area contributed by atoms with Crippen molar-refractivity contribution in [1.82, 2.24) is 0 Å². The molecule has 0 unspecified atom stereocenters. The van der Waals surface area contributed by atoms with Crippen LogP contribution in [0, 0.1) is 46.3 Å². The summed E-state index contributed by atoms with van der Waals surface area (Å²) in [4.78, 5) is 0. The predicted molar refractivity (Wildman–Crippen MR) is 119 cm³/mol. The number of hydrogen-bond acceptors (Lipinski definition) is 1. The Hall–Kier alpha value is -0.300. The molecule has 3 fully saturated rings. The molecular weight excluding hydrogens is 340 g/mol. The lowest BCUT2D eigenvalue weighted by Gasteiger charge is -2.58. The molecule has 1 heteroatoms. The zero-order valence-corrected chi connectivity index (χ0v) is 19.1. The zero-order valence-electron chi connectivity index (χ0n) is 22.1. The average Bonchev–Trinajstić information content (AvgIpc) is 3.01. The highest BCUT2D eigenvalue weighted by Crippen LogP contribution is 2.67. The summed E-state index contributed by atoms with van der Waals surface area (Å²) in [5.74, 6) is 4.17. The third-order valence-electron chi connectivity index (χ3n) is 9.82. The number of hydrogen-bond donors (Lipinski definition) is 1. The summed E-state index contributed by atoms with van der Waals surface area (Å²) in [5.41, 5.74) is 1.25. The summed E-state index contributed by atoms with van der Waals surface area (Å²) in [7, 11) is 0. The zero-order chi connectivity index (χ0) is 22.8. The van der Waals surface area contributed by atoms with Crippen LogP contribution < -0.4 is 0 Å². The van der Waals surface area contributed by atoms with Gasteiger partial charge in [0.2, 0.25) is 0 Å². The molecule has 1 N–H and O–H groups in total. The normalized spacial score (nSPS) is 53.7. The maximum Gasteiger partial charge on any atom is 0.0604 e. The van der Waals surface area contributed by atoms with E-state index < -0.39 is 12.5 Å². The smallest absolute Gasteiger partial charge is 0.0604 e. The van der Waals surface area contributed by atoms with Gasteiger partial charge in [0, 0.05) is 1.37 Å². The molecule has 4 rings (SSSR count). The van der Waals surface area contributed by atoms with Crippen molar-refractivity contribution in [1.29, 1.82) is 0 Å². The first-order valence-electron chi connectivity index (χ1n) is 13.8. The quantitative estimate of drug-likeness (QED) is 0.486. The van der Waals surface area contributed by atoms with Crippen LogP contribution in [0.3, 0.4) is 0 Å². The molecule has 4 aliphatic carbocycles. The Labute approximate surface area is 179 Å². The summed E-state index contributed by atoms with van der Waals surface area (Å²) < 4.78 is 25.6. The molecule has 3 saturated carbocycles. The minimum Gasteiger partial charge on any atom is -0.393 e. The van der Waals surface area contributed by atoms with E-state index in [4.69, 9.17) is 4.11 Å². The Balaban J connectivity index is 1.56. The monoisotopic (exact) mass is 389 g/mol. The summed E-state index contributed by atoms with van der Waals surface area (Å²) in [6.45, 7) is 12.0. The number of aliphatic hydroxyl groups is 1. The van der Waals surface area contributed by atoms with E-state index in [9.17, 15) is 5.11 Å². The van der Waals surface area contributed by atoms with Crippen LogP contribution in [-0.4, -0.2) is 11.2 Å². The minimum absolute atomic E-state index is 0.165. The lowest BCUT2D eigenvalue weighted by atomic mass is 9.47. The van der Waals surface area contributed by atoms with Crippen LogP contribution in [0.1, 0.15) is 109 Å². The molecule has 28 heavy (non-hydrogen) atoms. The SMILES string of the molecule is [2H]C1=C2C[C@@]([2H])(O)[C@@H]([2H])C[C@]2(C)[C@H]2CC[C@]3(C)[C@@H]([C@H](C)CCCC(C)C)CC[C@H]3[C@@H]2C1. The largest absolute Gasteiger partial charge is 0.393 e. The van der Waals surface area contributed by atoms with Gasteiger partial charge >= 0.3 is 0 Å². The number of fused-ring (bicyclic) bond motifs is 5. The van der Waals surface area contributed by atoms with Gasteiger partial charge in [-0.1, -0.05) is 65.5 Å². The molecule has 0 aromatic heterocycles. The first-order valence-corrected chi connectivity index (χ1v) is 12.2. The van der Waals surface area contributed by atoms with Crippen molar-refractivity contribution >= 4 is 0 Å². The topological polar surface area (TPSA) is 20.2 Å². The first kappa shape index (κ1) is 17.4. The molecule has 160 valence electrons. The fourth-order valence-electron chi connectivity index (χ4n) is 8.18. The van der Waals surface area contributed by atoms with Crippen molar-refractivity contribution in [3.05, 3.63) is 11.6 Å². The van der Waals surface area contributed by atoms with Crippen LogP contribution in [-0.2, 0) is 0 Å². The van der Waals surface area contributed by atoms with Gasteiger partial charge in [-0.15, -0.1) is 0 Å². The Morgan fingerprint density at radius 2 is 1.96 bits per heavy atom. The van der Waals surface area contributed by atoms with Gasteiger partial charge in [0.15, 0.2) is 0 Å². The van der Waals surface area contributed by atoms with Crippen molar-refractivity contribution < 1.29 is 9.22 Å². The fraction of sp³-hybridized carbons (Fsp3) is 0.926. The van der Waals surface area contributed by atoms with Gasteiger partial charge in [0.05, 0.1) is 8.82 Å². The van der Waals surface area contributed by atoms with Crippen molar-refractivity contribution in [3.8, 4) is 0 Å². The van der Waals surface area contributed by atoms with Gasteiger partial charge in [0.25, 0.3) is 0 Å². The lowest BCUT2D eigenvalue weighted by molar-refractivity contribution is -0.0573. The molecule has 9 atom stereocenters. The molecule has 0 spiro atoms. The molecule has 0 aromatic carbocycles. The van der Waals surface area contributed by atoms with Gasteiger partial charge in [0.1, 0.15) is 0 Å². The van der Waals surface area contributed by atoms with E-state index in [-0.39, 0.29) is 11.8 Å². The molecule has 0 saturated heterocycles. The second-order valence-electron chi connectivity index (χ2n) is 11.8. The van der Waals surface area contributed by atoms with Crippen molar-refractivity contribution in [2.75, 3.05) is 0 Å². The Morgan fingerprint density at radius 1 is 1.18 bits per heavy atom. The molecule has 0 aliphatic heterocycles. The van der Waals surface area contributed by atoms with Gasteiger partial charge in [-0.2, -0.15) is 0 Å². The van der Waals surface area contributed by atoms with E-state index in [0.717, 1.165) is 29.7 Å².